The SMILES string of the molecule is COC(=O)[C@H]1ON(Cc2ccc([N+](=O)[O-])cc2)[C@@H]2CCC[C@H]12. The van der Waals surface area contributed by atoms with Gasteiger partial charge in [-0.1, -0.05) is 18.6 Å². The first-order valence-corrected chi connectivity index (χ1v) is 7.34. The summed E-state index contributed by atoms with van der Waals surface area (Å²) in [7, 11) is 1.37. The first-order valence-electron chi connectivity index (χ1n) is 7.34. The first kappa shape index (κ1) is 14.9. The summed E-state index contributed by atoms with van der Waals surface area (Å²) in [6, 6.07) is 6.61. The van der Waals surface area contributed by atoms with Crippen molar-refractivity contribution in [2.24, 2.45) is 5.92 Å². The largest absolute Gasteiger partial charge is 0.467 e. The summed E-state index contributed by atoms with van der Waals surface area (Å²) in [6.45, 7) is 0.507. The fraction of sp³-hybridized carbons (Fsp3) is 0.533. The second-order valence-electron chi connectivity index (χ2n) is 5.71. The van der Waals surface area contributed by atoms with Gasteiger partial charge in [0.1, 0.15) is 0 Å². The molecule has 7 heteroatoms. The minimum atomic E-state index is -0.532. The van der Waals surface area contributed by atoms with Gasteiger partial charge in [-0.05, 0) is 18.4 Å². The van der Waals surface area contributed by atoms with Crippen LogP contribution in [-0.2, 0) is 20.9 Å². The van der Waals surface area contributed by atoms with E-state index in [2.05, 4.69) is 0 Å². The molecular weight excluding hydrogens is 288 g/mol. The number of carbonyl (C=O) groups is 1. The van der Waals surface area contributed by atoms with E-state index >= 15 is 0 Å². The van der Waals surface area contributed by atoms with E-state index in [0.29, 0.717) is 6.54 Å². The quantitative estimate of drug-likeness (QED) is 0.481. The Morgan fingerprint density at radius 3 is 2.77 bits per heavy atom. The van der Waals surface area contributed by atoms with Gasteiger partial charge in [-0.2, -0.15) is 5.06 Å². The third-order valence-corrected chi connectivity index (χ3v) is 4.46. The molecule has 7 nitrogen and oxygen atoms in total. The van der Waals surface area contributed by atoms with Gasteiger partial charge in [0.05, 0.1) is 12.0 Å². The molecule has 1 aromatic carbocycles. The molecule has 2 aliphatic rings. The first-order chi connectivity index (χ1) is 10.6. The van der Waals surface area contributed by atoms with Gasteiger partial charge in [-0.15, -0.1) is 0 Å². The van der Waals surface area contributed by atoms with E-state index in [1.165, 1.54) is 19.2 Å². The highest BCUT2D eigenvalue weighted by atomic mass is 16.7. The van der Waals surface area contributed by atoms with Crippen molar-refractivity contribution in [2.45, 2.75) is 38.0 Å². The second-order valence-corrected chi connectivity index (χ2v) is 5.71. The summed E-state index contributed by atoms with van der Waals surface area (Å²) in [5.74, 6) is -0.159. The zero-order valence-electron chi connectivity index (χ0n) is 12.3. The zero-order valence-corrected chi connectivity index (χ0v) is 12.3. The van der Waals surface area contributed by atoms with Gasteiger partial charge >= 0.3 is 5.97 Å². The van der Waals surface area contributed by atoms with Crippen LogP contribution in [0.4, 0.5) is 5.69 Å². The smallest absolute Gasteiger partial charge is 0.337 e. The summed E-state index contributed by atoms with van der Waals surface area (Å²) in [4.78, 5) is 27.9. The molecule has 1 aromatic rings. The van der Waals surface area contributed by atoms with Crippen molar-refractivity contribution in [3.63, 3.8) is 0 Å². The van der Waals surface area contributed by atoms with E-state index in [1.54, 1.807) is 12.1 Å². The van der Waals surface area contributed by atoms with E-state index in [-0.39, 0.29) is 23.6 Å². The van der Waals surface area contributed by atoms with Gasteiger partial charge < -0.3 is 4.74 Å². The van der Waals surface area contributed by atoms with Crippen LogP contribution in [-0.4, -0.2) is 35.2 Å². The van der Waals surface area contributed by atoms with Crippen LogP contribution in [0.25, 0.3) is 0 Å². The monoisotopic (exact) mass is 306 g/mol. The number of non-ortho nitro benzene ring substituents is 1. The van der Waals surface area contributed by atoms with Crippen LogP contribution < -0.4 is 0 Å². The van der Waals surface area contributed by atoms with Crippen molar-refractivity contribution in [1.82, 2.24) is 5.06 Å². The Balaban J connectivity index is 1.72. The maximum atomic E-state index is 11.8. The number of hydrogen-bond donors (Lipinski definition) is 0. The molecule has 1 heterocycles. The van der Waals surface area contributed by atoms with Crippen molar-refractivity contribution in [3.05, 3.63) is 39.9 Å². The van der Waals surface area contributed by atoms with Gasteiger partial charge in [0.25, 0.3) is 5.69 Å². The molecule has 118 valence electrons. The predicted molar refractivity (Wildman–Crippen MR) is 76.7 cm³/mol. The molecule has 3 rings (SSSR count). The standard InChI is InChI=1S/C15H18N2O5/c1-21-15(18)14-12-3-2-4-13(12)16(22-14)9-10-5-7-11(8-6-10)17(19)20/h5-8,12-14H,2-4,9H2,1H3/t12-,13+,14-/m0/s1. The molecule has 1 saturated carbocycles. The van der Waals surface area contributed by atoms with Crippen molar-refractivity contribution in [1.29, 1.82) is 0 Å². The number of carbonyl (C=O) groups excluding carboxylic acids is 1. The zero-order chi connectivity index (χ0) is 15.7. The molecule has 1 aliphatic heterocycles. The minimum absolute atomic E-state index is 0.0669. The van der Waals surface area contributed by atoms with Crippen molar-refractivity contribution in [2.75, 3.05) is 7.11 Å². The number of methoxy groups -OCH3 is 1. The van der Waals surface area contributed by atoms with E-state index in [1.807, 2.05) is 5.06 Å². The normalized spacial score (nSPS) is 27.6. The number of esters is 1. The molecule has 2 fully saturated rings. The number of nitro benzene ring substituents is 1. The number of benzene rings is 1. The summed E-state index contributed by atoms with van der Waals surface area (Å²) >= 11 is 0. The Bertz CT molecular complexity index is 574. The molecule has 1 saturated heterocycles. The van der Waals surface area contributed by atoms with Crippen LogP contribution >= 0.6 is 0 Å². The van der Waals surface area contributed by atoms with Crippen molar-refractivity contribution in [3.8, 4) is 0 Å². The summed E-state index contributed by atoms with van der Waals surface area (Å²) in [5, 5.41) is 12.5. The highest BCUT2D eigenvalue weighted by Crippen LogP contribution is 2.41. The molecule has 0 aromatic heterocycles. The summed E-state index contributed by atoms with van der Waals surface area (Å²) < 4.78 is 4.82. The Hall–Kier alpha value is -1.99. The minimum Gasteiger partial charge on any atom is -0.467 e. The molecular formula is C15H18N2O5. The number of fused-ring (bicyclic) bond motifs is 1. The van der Waals surface area contributed by atoms with Crippen LogP contribution in [0.15, 0.2) is 24.3 Å². The van der Waals surface area contributed by atoms with Crippen LogP contribution in [0.5, 0.6) is 0 Å². The number of hydroxylamine groups is 2. The molecule has 1 aliphatic carbocycles. The third kappa shape index (κ3) is 2.69. The molecule has 0 unspecified atom stereocenters. The number of nitrogens with zero attached hydrogens (tertiary/aromatic N) is 2. The molecule has 3 atom stereocenters. The Morgan fingerprint density at radius 2 is 2.14 bits per heavy atom. The molecule has 0 radical (unpaired) electrons. The summed E-state index contributed by atoms with van der Waals surface area (Å²) in [5.41, 5.74) is 0.985. The maximum Gasteiger partial charge on any atom is 0.337 e. The van der Waals surface area contributed by atoms with Gasteiger partial charge in [0.15, 0.2) is 6.10 Å². The van der Waals surface area contributed by atoms with Crippen LogP contribution in [0.2, 0.25) is 0 Å². The van der Waals surface area contributed by atoms with E-state index in [0.717, 1.165) is 24.8 Å². The lowest BCUT2D eigenvalue weighted by molar-refractivity contribution is -0.384. The molecule has 0 spiro atoms. The van der Waals surface area contributed by atoms with Gasteiger partial charge in [0.2, 0.25) is 0 Å². The Kier molecular flexibility index (Phi) is 4.08. The molecule has 22 heavy (non-hydrogen) atoms. The topological polar surface area (TPSA) is 81.9 Å². The number of hydrogen-bond acceptors (Lipinski definition) is 6. The lowest BCUT2D eigenvalue weighted by Gasteiger charge is -2.21. The lowest BCUT2D eigenvalue weighted by Crippen LogP contribution is -2.29. The van der Waals surface area contributed by atoms with Gasteiger partial charge in [-0.25, -0.2) is 4.79 Å². The van der Waals surface area contributed by atoms with Crippen LogP contribution in [0, 0.1) is 16.0 Å². The Morgan fingerprint density at radius 1 is 1.41 bits per heavy atom. The molecule has 0 N–H and O–H groups in total. The molecule has 0 bridgehead atoms. The average Bonchev–Trinajstić information content (AvgIpc) is 3.11. The predicted octanol–water partition coefficient (Wildman–Crippen LogP) is 2.05. The van der Waals surface area contributed by atoms with Gasteiger partial charge in [-0.3, -0.25) is 15.0 Å². The highest BCUT2D eigenvalue weighted by molar-refractivity contribution is 5.75. The average molecular weight is 306 g/mol. The molecule has 0 amide bonds. The van der Waals surface area contributed by atoms with E-state index in [4.69, 9.17) is 9.57 Å². The van der Waals surface area contributed by atoms with Crippen LogP contribution in [0.1, 0.15) is 24.8 Å². The fourth-order valence-electron chi connectivity index (χ4n) is 3.37. The maximum absolute atomic E-state index is 11.8. The fourth-order valence-corrected chi connectivity index (χ4v) is 3.37. The van der Waals surface area contributed by atoms with Crippen LogP contribution in [0.3, 0.4) is 0 Å². The van der Waals surface area contributed by atoms with E-state index in [9.17, 15) is 14.9 Å². The summed E-state index contributed by atoms with van der Waals surface area (Å²) in [6.07, 6.45) is 2.49. The third-order valence-electron chi connectivity index (χ3n) is 4.46. The number of ether oxygens (including phenoxy) is 1. The van der Waals surface area contributed by atoms with E-state index < -0.39 is 11.0 Å². The van der Waals surface area contributed by atoms with Crippen molar-refractivity contribution < 1.29 is 19.3 Å². The van der Waals surface area contributed by atoms with Crippen molar-refractivity contribution >= 4 is 11.7 Å². The number of nitro groups is 1. The Labute approximate surface area is 127 Å². The number of rotatable bonds is 4. The van der Waals surface area contributed by atoms with Gasteiger partial charge in [0, 0.05) is 30.6 Å². The lowest BCUT2D eigenvalue weighted by atomic mass is 9.98. The highest BCUT2D eigenvalue weighted by Gasteiger charge is 2.49. The second kappa shape index (κ2) is 6.02.